The molecule has 17 heavy (non-hydrogen) atoms. The van der Waals surface area contributed by atoms with E-state index in [9.17, 15) is 9.59 Å². The molecule has 0 aliphatic carbocycles. The van der Waals surface area contributed by atoms with Gasteiger partial charge in [-0.2, -0.15) is 0 Å². The fourth-order valence-electron chi connectivity index (χ4n) is 1.49. The molecule has 0 radical (unpaired) electrons. The first-order valence-corrected chi connectivity index (χ1v) is 5.60. The molecule has 1 N–H and O–H groups in total. The first-order chi connectivity index (χ1) is 8.13. The summed E-state index contributed by atoms with van der Waals surface area (Å²) in [6.45, 7) is 4.07. The molecule has 0 saturated heterocycles. The van der Waals surface area contributed by atoms with Gasteiger partial charge >= 0.3 is 0 Å². The second-order valence-corrected chi connectivity index (χ2v) is 3.91. The predicted octanol–water partition coefficient (Wildman–Crippen LogP) is 2.35. The average Bonchev–Trinajstić information content (AvgIpc) is 2.28. The molecule has 1 rings (SSSR count). The molecule has 1 amide bonds. The Morgan fingerprint density at radius 3 is 2.76 bits per heavy atom. The Morgan fingerprint density at radius 2 is 2.18 bits per heavy atom. The molecule has 3 heteroatoms. The Morgan fingerprint density at radius 1 is 1.41 bits per heavy atom. The van der Waals surface area contributed by atoms with Gasteiger partial charge in [0.2, 0.25) is 5.91 Å². The van der Waals surface area contributed by atoms with Gasteiger partial charge in [-0.15, -0.1) is 0 Å². The van der Waals surface area contributed by atoms with E-state index in [1.165, 1.54) is 6.92 Å². The van der Waals surface area contributed by atoms with Gasteiger partial charge in [0.25, 0.3) is 0 Å². The topological polar surface area (TPSA) is 46.2 Å². The molecular formula is C14H17NO2. The number of carbonyl (C=O) groups is 2. The van der Waals surface area contributed by atoms with Crippen molar-refractivity contribution in [3.63, 3.8) is 0 Å². The summed E-state index contributed by atoms with van der Waals surface area (Å²) in [7, 11) is 0. The molecule has 0 atom stereocenters. The van der Waals surface area contributed by atoms with E-state index in [1.54, 1.807) is 0 Å². The van der Waals surface area contributed by atoms with E-state index in [-0.39, 0.29) is 5.91 Å². The predicted molar refractivity (Wildman–Crippen MR) is 68.9 cm³/mol. The Kier molecular flexibility index (Phi) is 5.14. The first kappa shape index (κ1) is 13.2. The van der Waals surface area contributed by atoms with E-state index in [0.717, 1.165) is 29.4 Å². The standard InChI is InChI=1S/C14H17NO2/c1-11-9-13(6-7-14(11)10-16)5-3-4-8-15-12(2)17/h3,5-7,9-10H,4,8H2,1-2H3,(H,15,17). The van der Waals surface area contributed by atoms with E-state index in [0.29, 0.717) is 6.54 Å². The van der Waals surface area contributed by atoms with Gasteiger partial charge in [-0.3, -0.25) is 9.59 Å². The average molecular weight is 231 g/mol. The van der Waals surface area contributed by atoms with E-state index in [4.69, 9.17) is 0 Å². The summed E-state index contributed by atoms with van der Waals surface area (Å²) >= 11 is 0. The third kappa shape index (κ3) is 4.64. The van der Waals surface area contributed by atoms with Crippen LogP contribution in [0.2, 0.25) is 0 Å². The molecule has 0 bridgehead atoms. The highest BCUT2D eigenvalue weighted by Gasteiger charge is 1.96. The summed E-state index contributed by atoms with van der Waals surface area (Å²) in [5, 5.41) is 2.72. The van der Waals surface area contributed by atoms with Crippen LogP contribution in [0, 0.1) is 6.92 Å². The molecule has 1 aromatic rings. The molecule has 0 heterocycles. The Balaban J connectivity index is 2.51. The summed E-state index contributed by atoms with van der Waals surface area (Å²) in [5.74, 6) is -0.00965. The monoisotopic (exact) mass is 231 g/mol. The van der Waals surface area contributed by atoms with Crippen LogP contribution in [0.3, 0.4) is 0 Å². The second kappa shape index (κ2) is 6.63. The lowest BCUT2D eigenvalue weighted by atomic mass is 10.1. The van der Waals surface area contributed by atoms with Crippen molar-refractivity contribution >= 4 is 18.3 Å². The van der Waals surface area contributed by atoms with E-state index < -0.39 is 0 Å². The zero-order chi connectivity index (χ0) is 12.7. The molecule has 0 aliphatic heterocycles. The molecule has 0 fully saturated rings. The van der Waals surface area contributed by atoms with Gasteiger partial charge in [0.1, 0.15) is 6.29 Å². The summed E-state index contributed by atoms with van der Waals surface area (Å²) in [5.41, 5.74) is 2.76. The van der Waals surface area contributed by atoms with Gasteiger partial charge < -0.3 is 5.32 Å². The molecule has 0 saturated carbocycles. The van der Waals surface area contributed by atoms with Crippen LogP contribution in [0.25, 0.3) is 6.08 Å². The minimum atomic E-state index is -0.00965. The maximum atomic E-state index is 10.6. The minimum absolute atomic E-state index is 0.00965. The van der Waals surface area contributed by atoms with Crippen molar-refractivity contribution in [2.45, 2.75) is 20.3 Å². The number of nitrogens with one attached hydrogen (secondary N) is 1. The highest BCUT2D eigenvalue weighted by atomic mass is 16.1. The summed E-state index contributed by atoms with van der Waals surface area (Å²) < 4.78 is 0. The van der Waals surface area contributed by atoms with Gasteiger partial charge in [0.15, 0.2) is 0 Å². The first-order valence-electron chi connectivity index (χ1n) is 5.60. The van der Waals surface area contributed by atoms with Crippen molar-refractivity contribution in [3.8, 4) is 0 Å². The molecule has 0 aromatic heterocycles. The van der Waals surface area contributed by atoms with Gasteiger partial charge in [-0.1, -0.05) is 30.4 Å². The Labute approximate surface area is 102 Å². The number of amides is 1. The quantitative estimate of drug-likeness (QED) is 0.624. The van der Waals surface area contributed by atoms with E-state index in [1.807, 2.05) is 37.3 Å². The Bertz CT molecular complexity index is 436. The SMILES string of the molecule is CC(=O)NCCC=Cc1ccc(C=O)c(C)c1. The number of aldehydes is 1. The number of carbonyl (C=O) groups excluding carboxylic acids is 2. The number of rotatable bonds is 5. The third-order valence-electron chi connectivity index (χ3n) is 2.42. The Hall–Kier alpha value is -1.90. The minimum Gasteiger partial charge on any atom is -0.356 e. The van der Waals surface area contributed by atoms with Crippen LogP contribution in [-0.4, -0.2) is 18.7 Å². The number of aryl methyl sites for hydroxylation is 1. The van der Waals surface area contributed by atoms with Gasteiger partial charge in [-0.25, -0.2) is 0 Å². The van der Waals surface area contributed by atoms with Crippen LogP contribution >= 0.6 is 0 Å². The van der Waals surface area contributed by atoms with E-state index in [2.05, 4.69) is 5.32 Å². The highest BCUT2D eigenvalue weighted by Crippen LogP contribution is 2.10. The molecule has 0 aliphatic rings. The third-order valence-corrected chi connectivity index (χ3v) is 2.42. The van der Waals surface area contributed by atoms with Crippen molar-refractivity contribution in [1.29, 1.82) is 0 Å². The lowest BCUT2D eigenvalue weighted by Crippen LogP contribution is -2.20. The number of hydrogen-bond acceptors (Lipinski definition) is 2. The zero-order valence-corrected chi connectivity index (χ0v) is 10.2. The molecule has 0 unspecified atom stereocenters. The number of benzene rings is 1. The molecular weight excluding hydrogens is 214 g/mol. The molecule has 1 aromatic carbocycles. The molecule has 90 valence electrons. The van der Waals surface area contributed by atoms with Crippen molar-refractivity contribution in [2.24, 2.45) is 0 Å². The summed E-state index contributed by atoms with van der Waals surface area (Å²) in [4.78, 5) is 21.3. The van der Waals surface area contributed by atoms with Crippen LogP contribution in [0.4, 0.5) is 0 Å². The fraction of sp³-hybridized carbons (Fsp3) is 0.286. The van der Waals surface area contributed by atoms with Gasteiger partial charge in [0, 0.05) is 19.0 Å². The van der Waals surface area contributed by atoms with Crippen LogP contribution in [-0.2, 0) is 4.79 Å². The summed E-state index contributed by atoms with van der Waals surface area (Å²) in [6.07, 6.45) is 5.66. The normalized spacial score (nSPS) is 10.5. The van der Waals surface area contributed by atoms with Crippen molar-refractivity contribution in [3.05, 3.63) is 41.0 Å². The van der Waals surface area contributed by atoms with Gasteiger partial charge in [0.05, 0.1) is 0 Å². The largest absolute Gasteiger partial charge is 0.356 e. The van der Waals surface area contributed by atoms with Crippen molar-refractivity contribution in [2.75, 3.05) is 6.54 Å². The maximum Gasteiger partial charge on any atom is 0.216 e. The van der Waals surface area contributed by atoms with Crippen LogP contribution in [0.5, 0.6) is 0 Å². The lowest BCUT2D eigenvalue weighted by molar-refractivity contribution is -0.118. The highest BCUT2D eigenvalue weighted by molar-refractivity contribution is 5.78. The maximum absolute atomic E-state index is 10.6. The second-order valence-electron chi connectivity index (χ2n) is 3.91. The van der Waals surface area contributed by atoms with Crippen molar-refractivity contribution < 1.29 is 9.59 Å². The molecule has 0 spiro atoms. The van der Waals surface area contributed by atoms with Crippen molar-refractivity contribution in [1.82, 2.24) is 5.32 Å². The van der Waals surface area contributed by atoms with Crippen LogP contribution < -0.4 is 5.32 Å². The molecule has 3 nitrogen and oxygen atoms in total. The van der Waals surface area contributed by atoms with Crippen LogP contribution in [0.1, 0.15) is 34.8 Å². The number of hydrogen-bond donors (Lipinski definition) is 1. The van der Waals surface area contributed by atoms with Crippen LogP contribution in [0.15, 0.2) is 24.3 Å². The summed E-state index contributed by atoms with van der Waals surface area (Å²) in [6, 6.07) is 5.69. The smallest absolute Gasteiger partial charge is 0.216 e. The van der Waals surface area contributed by atoms with Gasteiger partial charge in [-0.05, 0) is 24.5 Å². The zero-order valence-electron chi connectivity index (χ0n) is 10.2. The fourth-order valence-corrected chi connectivity index (χ4v) is 1.49. The lowest BCUT2D eigenvalue weighted by Gasteiger charge is -2.00. The van der Waals surface area contributed by atoms with E-state index >= 15 is 0 Å².